The number of nitrogens with one attached hydrogen (secondary N) is 3. The second kappa shape index (κ2) is 6.89. The van der Waals surface area contributed by atoms with Gasteiger partial charge >= 0.3 is 6.03 Å². The molecule has 2 amide bonds. The highest BCUT2D eigenvalue weighted by molar-refractivity contribution is 5.91. The lowest BCUT2D eigenvalue weighted by Crippen LogP contribution is -2.62. The number of carbonyl (C=O) groups is 1. The number of hydrogen-bond acceptors (Lipinski definition) is 4. The third kappa shape index (κ3) is 4.77. The number of carbonyl (C=O) groups excluding carboxylic acids is 1. The largest absolute Gasteiger partial charge is 0.497 e. The number of rotatable bonds is 4. The van der Waals surface area contributed by atoms with Crippen LogP contribution >= 0.6 is 0 Å². The lowest BCUT2D eigenvalue weighted by atomic mass is 9.80. The van der Waals surface area contributed by atoms with Crippen molar-refractivity contribution in [2.45, 2.75) is 57.7 Å². The van der Waals surface area contributed by atoms with Crippen LogP contribution in [0.4, 0.5) is 10.5 Å². The maximum atomic E-state index is 12.4. The molecule has 6 heteroatoms. The standard InChI is InChI=1S/C18H29N3O3/c1-17(2)10-12(11-18(3,4)21-17)19-16(22)20-14-8-7-13(23-5)9-15(14)24-6/h7-9,12,21H,10-11H2,1-6H3,(H2,19,20,22). The van der Waals surface area contributed by atoms with Crippen molar-refractivity contribution < 1.29 is 14.3 Å². The zero-order valence-corrected chi connectivity index (χ0v) is 15.4. The van der Waals surface area contributed by atoms with E-state index in [4.69, 9.17) is 9.47 Å². The van der Waals surface area contributed by atoms with Crippen LogP contribution in [0.3, 0.4) is 0 Å². The van der Waals surface area contributed by atoms with Crippen molar-refractivity contribution in [1.29, 1.82) is 0 Å². The van der Waals surface area contributed by atoms with Crippen LogP contribution in [0.2, 0.25) is 0 Å². The van der Waals surface area contributed by atoms with E-state index < -0.39 is 0 Å². The van der Waals surface area contributed by atoms with Gasteiger partial charge in [0.1, 0.15) is 11.5 Å². The molecule has 1 aromatic rings. The van der Waals surface area contributed by atoms with Crippen LogP contribution in [0, 0.1) is 0 Å². The number of amides is 2. The molecule has 134 valence electrons. The van der Waals surface area contributed by atoms with E-state index >= 15 is 0 Å². The molecular weight excluding hydrogens is 306 g/mol. The van der Waals surface area contributed by atoms with Crippen molar-refractivity contribution in [2.75, 3.05) is 19.5 Å². The van der Waals surface area contributed by atoms with Crippen LogP contribution in [-0.4, -0.2) is 37.4 Å². The Balaban J connectivity index is 2.03. The molecule has 0 saturated carbocycles. The first-order chi connectivity index (χ1) is 11.1. The zero-order valence-electron chi connectivity index (χ0n) is 15.4. The normalized spacial score (nSPS) is 19.4. The van der Waals surface area contributed by atoms with Gasteiger partial charge in [0.15, 0.2) is 0 Å². The highest BCUT2D eigenvalue weighted by Crippen LogP contribution is 2.30. The van der Waals surface area contributed by atoms with E-state index in [0.29, 0.717) is 17.2 Å². The molecule has 1 fully saturated rings. The van der Waals surface area contributed by atoms with Crippen molar-refractivity contribution in [3.8, 4) is 11.5 Å². The topological polar surface area (TPSA) is 71.6 Å². The number of piperidine rings is 1. The molecule has 1 aliphatic heterocycles. The van der Waals surface area contributed by atoms with E-state index in [1.54, 1.807) is 32.4 Å². The van der Waals surface area contributed by atoms with Gasteiger partial charge in [-0.05, 0) is 52.7 Å². The number of benzene rings is 1. The SMILES string of the molecule is COc1ccc(NC(=O)NC2CC(C)(C)NC(C)(C)C2)c(OC)c1. The minimum atomic E-state index is -0.225. The van der Waals surface area contributed by atoms with Gasteiger partial charge in [-0.3, -0.25) is 0 Å². The number of anilines is 1. The van der Waals surface area contributed by atoms with Gasteiger partial charge in [-0.1, -0.05) is 0 Å². The quantitative estimate of drug-likeness (QED) is 0.790. The van der Waals surface area contributed by atoms with Crippen LogP contribution < -0.4 is 25.4 Å². The Kier molecular flexibility index (Phi) is 5.28. The molecule has 0 bridgehead atoms. The van der Waals surface area contributed by atoms with E-state index in [0.717, 1.165) is 12.8 Å². The average Bonchev–Trinajstić information content (AvgIpc) is 2.44. The fourth-order valence-electron chi connectivity index (χ4n) is 3.67. The summed E-state index contributed by atoms with van der Waals surface area (Å²) in [4.78, 5) is 12.4. The number of urea groups is 1. The molecule has 3 N–H and O–H groups in total. The fraction of sp³-hybridized carbons (Fsp3) is 0.611. The molecule has 0 unspecified atom stereocenters. The lowest BCUT2D eigenvalue weighted by molar-refractivity contribution is 0.149. The van der Waals surface area contributed by atoms with Crippen LogP contribution in [0.1, 0.15) is 40.5 Å². The van der Waals surface area contributed by atoms with Gasteiger partial charge < -0.3 is 25.4 Å². The molecule has 1 aliphatic rings. The second-order valence-electron chi connectivity index (χ2n) is 7.66. The van der Waals surface area contributed by atoms with Crippen molar-refractivity contribution in [1.82, 2.24) is 10.6 Å². The zero-order chi connectivity index (χ0) is 18.0. The molecule has 0 atom stereocenters. The van der Waals surface area contributed by atoms with Gasteiger partial charge in [0.25, 0.3) is 0 Å². The first-order valence-electron chi connectivity index (χ1n) is 8.23. The summed E-state index contributed by atoms with van der Waals surface area (Å²) in [5.41, 5.74) is 0.581. The maximum Gasteiger partial charge on any atom is 0.319 e. The Labute approximate surface area is 144 Å². The Morgan fingerprint density at radius 2 is 1.75 bits per heavy atom. The highest BCUT2D eigenvalue weighted by Gasteiger charge is 2.38. The minimum Gasteiger partial charge on any atom is -0.497 e. The Morgan fingerprint density at radius 1 is 1.12 bits per heavy atom. The third-order valence-electron chi connectivity index (χ3n) is 4.18. The monoisotopic (exact) mass is 335 g/mol. The van der Waals surface area contributed by atoms with Gasteiger partial charge in [-0.2, -0.15) is 0 Å². The summed E-state index contributed by atoms with van der Waals surface area (Å²) < 4.78 is 10.5. The summed E-state index contributed by atoms with van der Waals surface area (Å²) >= 11 is 0. The minimum absolute atomic E-state index is 0.0164. The van der Waals surface area contributed by atoms with Crippen LogP contribution in [0.25, 0.3) is 0 Å². The second-order valence-corrected chi connectivity index (χ2v) is 7.66. The summed E-state index contributed by atoms with van der Waals surface area (Å²) in [5.74, 6) is 1.25. The molecule has 0 aromatic heterocycles. The Hall–Kier alpha value is -1.95. The number of hydrogen-bond donors (Lipinski definition) is 3. The molecule has 2 rings (SSSR count). The Morgan fingerprint density at radius 3 is 2.29 bits per heavy atom. The molecule has 24 heavy (non-hydrogen) atoms. The third-order valence-corrected chi connectivity index (χ3v) is 4.18. The van der Waals surface area contributed by atoms with Crippen molar-refractivity contribution >= 4 is 11.7 Å². The van der Waals surface area contributed by atoms with E-state index in [2.05, 4.69) is 43.6 Å². The maximum absolute atomic E-state index is 12.4. The number of methoxy groups -OCH3 is 2. The highest BCUT2D eigenvalue weighted by atomic mass is 16.5. The van der Waals surface area contributed by atoms with Crippen molar-refractivity contribution in [3.05, 3.63) is 18.2 Å². The van der Waals surface area contributed by atoms with Crippen LogP contribution in [0.15, 0.2) is 18.2 Å². The first kappa shape index (κ1) is 18.4. The molecule has 1 aromatic carbocycles. The van der Waals surface area contributed by atoms with Gasteiger partial charge in [0, 0.05) is 23.2 Å². The van der Waals surface area contributed by atoms with Crippen molar-refractivity contribution in [2.24, 2.45) is 0 Å². The summed E-state index contributed by atoms with van der Waals surface area (Å²) in [5, 5.41) is 9.56. The molecule has 0 radical (unpaired) electrons. The summed E-state index contributed by atoms with van der Waals surface area (Å²) in [6.07, 6.45) is 1.76. The van der Waals surface area contributed by atoms with Crippen LogP contribution in [0.5, 0.6) is 11.5 Å². The van der Waals surface area contributed by atoms with Crippen LogP contribution in [-0.2, 0) is 0 Å². The fourth-order valence-corrected chi connectivity index (χ4v) is 3.67. The van der Waals surface area contributed by atoms with E-state index in [-0.39, 0.29) is 23.2 Å². The van der Waals surface area contributed by atoms with Gasteiger partial charge in [-0.15, -0.1) is 0 Å². The number of ether oxygens (including phenoxy) is 2. The first-order valence-corrected chi connectivity index (χ1v) is 8.23. The predicted molar refractivity (Wildman–Crippen MR) is 96.0 cm³/mol. The summed E-state index contributed by atoms with van der Waals surface area (Å²) in [7, 11) is 3.16. The van der Waals surface area contributed by atoms with E-state index in [1.165, 1.54) is 0 Å². The molecule has 1 heterocycles. The smallest absolute Gasteiger partial charge is 0.319 e. The van der Waals surface area contributed by atoms with Crippen molar-refractivity contribution in [3.63, 3.8) is 0 Å². The summed E-state index contributed by atoms with van der Waals surface area (Å²) in [6, 6.07) is 5.19. The summed E-state index contributed by atoms with van der Waals surface area (Å²) in [6.45, 7) is 8.64. The molecule has 0 aliphatic carbocycles. The lowest BCUT2D eigenvalue weighted by Gasteiger charge is -2.46. The molecular formula is C18H29N3O3. The molecule has 0 spiro atoms. The molecule has 1 saturated heterocycles. The van der Waals surface area contributed by atoms with Gasteiger partial charge in [0.05, 0.1) is 19.9 Å². The van der Waals surface area contributed by atoms with Gasteiger partial charge in [-0.25, -0.2) is 4.79 Å². The van der Waals surface area contributed by atoms with E-state index in [1.807, 2.05) is 0 Å². The Bertz CT molecular complexity index is 583. The molecule has 6 nitrogen and oxygen atoms in total. The van der Waals surface area contributed by atoms with E-state index in [9.17, 15) is 4.79 Å². The predicted octanol–water partition coefficient (Wildman–Crippen LogP) is 3.13. The van der Waals surface area contributed by atoms with Gasteiger partial charge in [0.2, 0.25) is 0 Å². The average molecular weight is 335 g/mol.